The van der Waals surface area contributed by atoms with Crippen molar-refractivity contribution in [3.05, 3.63) is 101 Å². The largest absolute Gasteiger partial charge is 0.483 e. The van der Waals surface area contributed by atoms with Crippen LogP contribution in [0.3, 0.4) is 0 Å². The van der Waals surface area contributed by atoms with Crippen LogP contribution < -0.4 is 10.1 Å². The number of carbonyl (C=O) groups is 2. The summed E-state index contributed by atoms with van der Waals surface area (Å²) in [5, 5.41) is 3.57. The van der Waals surface area contributed by atoms with Gasteiger partial charge in [0.25, 0.3) is 5.91 Å². The summed E-state index contributed by atoms with van der Waals surface area (Å²) in [5.41, 5.74) is 2.70. The van der Waals surface area contributed by atoms with Crippen LogP contribution in [0, 0.1) is 0 Å². The number of nitrogens with zero attached hydrogens (tertiary/aromatic N) is 1. The van der Waals surface area contributed by atoms with Crippen molar-refractivity contribution in [2.24, 2.45) is 0 Å². The van der Waals surface area contributed by atoms with Crippen LogP contribution in [0.25, 0.3) is 0 Å². The number of amides is 2. The Hall–Kier alpha value is -3.31. The second-order valence-corrected chi connectivity index (χ2v) is 10.6. The lowest BCUT2D eigenvalue weighted by molar-refractivity contribution is -0.142. The minimum atomic E-state index is -0.707. The van der Waals surface area contributed by atoms with Gasteiger partial charge in [-0.25, -0.2) is 0 Å². The fourth-order valence-electron chi connectivity index (χ4n) is 4.19. The summed E-state index contributed by atoms with van der Waals surface area (Å²) < 4.78 is 6.08. The Morgan fingerprint density at radius 1 is 0.946 bits per heavy atom. The molecule has 5 nitrogen and oxygen atoms in total. The number of nitrogens with one attached hydrogen (secondary N) is 1. The van der Waals surface area contributed by atoms with Crippen molar-refractivity contribution >= 4 is 23.4 Å². The molecule has 0 spiro atoms. The highest BCUT2D eigenvalue weighted by atomic mass is 35.5. The van der Waals surface area contributed by atoms with Gasteiger partial charge in [-0.3, -0.25) is 9.59 Å². The van der Waals surface area contributed by atoms with Crippen LogP contribution in [0.1, 0.15) is 50.8 Å². The second kappa shape index (κ2) is 13.3. The molecule has 0 heterocycles. The van der Waals surface area contributed by atoms with E-state index in [1.54, 1.807) is 11.0 Å². The number of rotatable bonds is 11. The second-order valence-electron chi connectivity index (χ2n) is 10.2. The third-order valence-corrected chi connectivity index (χ3v) is 6.34. The Morgan fingerprint density at radius 3 is 2.30 bits per heavy atom. The van der Waals surface area contributed by atoms with Crippen LogP contribution in [0.2, 0.25) is 5.02 Å². The molecule has 6 heteroatoms. The van der Waals surface area contributed by atoms with Crippen LogP contribution in [-0.4, -0.2) is 35.9 Å². The minimum Gasteiger partial charge on any atom is -0.483 e. The molecule has 0 aliphatic rings. The van der Waals surface area contributed by atoms with Gasteiger partial charge in [0, 0.05) is 24.5 Å². The molecular formula is C31H37ClN2O3. The third-order valence-electron chi connectivity index (χ3n) is 6.11. The van der Waals surface area contributed by atoms with Gasteiger partial charge in [-0.2, -0.15) is 0 Å². The van der Waals surface area contributed by atoms with Crippen LogP contribution in [0.15, 0.2) is 78.9 Å². The van der Waals surface area contributed by atoms with E-state index in [1.807, 2.05) is 79.7 Å². The van der Waals surface area contributed by atoms with Crippen molar-refractivity contribution in [1.29, 1.82) is 0 Å². The molecule has 3 aromatic carbocycles. The SMILES string of the molecule is CCCNC(=O)[C@@H](Cc1ccccc1)N(Cc1cccc(Cl)c1)C(=O)COc1ccccc1C(C)(C)C. The summed E-state index contributed by atoms with van der Waals surface area (Å²) >= 11 is 6.24. The van der Waals surface area contributed by atoms with E-state index in [9.17, 15) is 9.59 Å². The number of hydrogen-bond donors (Lipinski definition) is 1. The van der Waals surface area contributed by atoms with E-state index in [1.165, 1.54) is 0 Å². The molecule has 3 aromatic rings. The molecule has 0 aliphatic carbocycles. The summed E-state index contributed by atoms with van der Waals surface area (Å²) in [6, 6.07) is 24.2. The predicted octanol–water partition coefficient (Wildman–Crippen LogP) is 6.18. The summed E-state index contributed by atoms with van der Waals surface area (Å²) in [7, 11) is 0. The molecule has 0 unspecified atom stereocenters. The van der Waals surface area contributed by atoms with Gasteiger partial charge in [0.15, 0.2) is 6.61 Å². The van der Waals surface area contributed by atoms with Crippen molar-refractivity contribution in [1.82, 2.24) is 10.2 Å². The summed E-state index contributed by atoms with van der Waals surface area (Å²) in [6.07, 6.45) is 1.19. The van der Waals surface area contributed by atoms with Crippen LogP contribution in [0.4, 0.5) is 0 Å². The number of carbonyl (C=O) groups excluding carboxylic acids is 2. The summed E-state index contributed by atoms with van der Waals surface area (Å²) in [5.74, 6) is 0.216. The van der Waals surface area contributed by atoms with Crippen molar-refractivity contribution in [3.8, 4) is 5.75 Å². The summed E-state index contributed by atoms with van der Waals surface area (Å²) in [6.45, 7) is 8.92. The zero-order valence-electron chi connectivity index (χ0n) is 22.2. The maximum atomic E-state index is 13.8. The van der Waals surface area contributed by atoms with Gasteiger partial charge in [0.05, 0.1) is 0 Å². The smallest absolute Gasteiger partial charge is 0.261 e. The molecule has 0 bridgehead atoms. The van der Waals surface area contributed by atoms with Gasteiger partial charge < -0.3 is 15.0 Å². The van der Waals surface area contributed by atoms with Gasteiger partial charge in [0.2, 0.25) is 5.91 Å². The van der Waals surface area contributed by atoms with Crippen LogP contribution in [-0.2, 0) is 28.0 Å². The highest BCUT2D eigenvalue weighted by Gasteiger charge is 2.31. The standard InChI is InChI=1S/C31H37ClN2O3/c1-5-18-33-30(36)27(20-23-12-7-6-8-13-23)34(21-24-14-11-15-25(32)19-24)29(35)22-37-28-17-10-9-16-26(28)31(2,3)4/h6-17,19,27H,5,18,20-22H2,1-4H3,(H,33,36)/t27-/m1/s1. The Labute approximate surface area is 225 Å². The molecule has 2 amide bonds. The Morgan fingerprint density at radius 2 is 1.62 bits per heavy atom. The fraction of sp³-hybridized carbons (Fsp3) is 0.355. The highest BCUT2D eigenvalue weighted by molar-refractivity contribution is 6.30. The zero-order chi connectivity index (χ0) is 26.8. The minimum absolute atomic E-state index is 0.143. The molecule has 0 aliphatic heterocycles. The lowest BCUT2D eigenvalue weighted by atomic mass is 9.86. The van der Waals surface area contributed by atoms with Gasteiger partial charge >= 0.3 is 0 Å². The number of ether oxygens (including phenoxy) is 1. The fourth-order valence-corrected chi connectivity index (χ4v) is 4.40. The zero-order valence-corrected chi connectivity index (χ0v) is 22.9. The van der Waals surface area contributed by atoms with E-state index in [2.05, 4.69) is 26.1 Å². The normalized spacial score (nSPS) is 12.0. The van der Waals surface area contributed by atoms with Crippen molar-refractivity contribution in [2.45, 2.75) is 58.5 Å². The third kappa shape index (κ3) is 8.36. The van der Waals surface area contributed by atoms with E-state index in [0.29, 0.717) is 23.7 Å². The maximum absolute atomic E-state index is 13.8. The van der Waals surface area contributed by atoms with Gasteiger partial charge in [-0.15, -0.1) is 0 Å². The van der Waals surface area contributed by atoms with Crippen molar-refractivity contribution < 1.29 is 14.3 Å². The molecule has 0 saturated heterocycles. The number of benzene rings is 3. The van der Waals surface area contributed by atoms with E-state index >= 15 is 0 Å². The first-order chi connectivity index (χ1) is 17.7. The van der Waals surface area contributed by atoms with Gasteiger partial charge in [-0.1, -0.05) is 100.0 Å². The first-order valence-electron chi connectivity index (χ1n) is 12.8. The van der Waals surface area contributed by atoms with Crippen LogP contribution in [0.5, 0.6) is 5.75 Å². The average molecular weight is 521 g/mol. The molecule has 3 rings (SSSR count). The van der Waals surface area contributed by atoms with E-state index in [-0.39, 0.29) is 30.4 Å². The Balaban J connectivity index is 1.93. The van der Waals surface area contributed by atoms with Crippen molar-refractivity contribution in [3.63, 3.8) is 0 Å². The molecule has 0 radical (unpaired) electrons. The van der Waals surface area contributed by atoms with E-state index in [4.69, 9.17) is 16.3 Å². The molecule has 196 valence electrons. The first-order valence-corrected chi connectivity index (χ1v) is 13.1. The van der Waals surface area contributed by atoms with Gasteiger partial charge in [0.1, 0.15) is 11.8 Å². The predicted molar refractivity (Wildman–Crippen MR) is 150 cm³/mol. The lowest BCUT2D eigenvalue weighted by Gasteiger charge is -2.32. The maximum Gasteiger partial charge on any atom is 0.261 e. The Kier molecular flexibility index (Phi) is 10.2. The highest BCUT2D eigenvalue weighted by Crippen LogP contribution is 2.31. The number of halogens is 1. The molecule has 1 atom stereocenters. The molecular weight excluding hydrogens is 484 g/mol. The number of para-hydroxylation sites is 1. The van der Waals surface area contributed by atoms with Crippen LogP contribution >= 0.6 is 11.6 Å². The monoisotopic (exact) mass is 520 g/mol. The lowest BCUT2D eigenvalue weighted by Crippen LogP contribution is -2.51. The molecule has 0 aromatic heterocycles. The average Bonchev–Trinajstić information content (AvgIpc) is 2.88. The quantitative estimate of drug-likeness (QED) is 0.328. The Bertz CT molecular complexity index is 1170. The van der Waals surface area contributed by atoms with Crippen molar-refractivity contribution in [2.75, 3.05) is 13.2 Å². The number of hydrogen-bond acceptors (Lipinski definition) is 3. The molecule has 0 saturated carbocycles. The molecule has 1 N–H and O–H groups in total. The molecule has 0 fully saturated rings. The molecule has 37 heavy (non-hydrogen) atoms. The summed E-state index contributed by atoms with van der Waals surface area (Å²) in [4.78, 5) is 28.8. The topological polar surface area (TPSA) is 58.6 Å². The van der Waals surface area contributed by atoms with E-state index in [0.717, 1.165) is 23.1 Å². The van der Waals surface area contributed by atoms with Gasteiger partial charge in [-0.05, 0) is 46.7 Å². The first kappa shape index (κ1) is 28.3. The van der Waals surface area contributed by atoms with E-state index < -0.39 is 6.04 Å².